The van der Waals surface area contributed by atoms with Crippen LogP contribution in [0.15, 0.2) is 12.2 Å². The Morgan fingerprint density at radius 2 is 1.45 bits per heavy atom. The maximum Gasteiger partial charge on any atom is 0.0494 e. The van der Waals surface area contributed by atoms with Crippen LogP contribution in [0.25, 0.3) is 0 Å². The molecule has 0 aromatic heterocycles. The molecule has 0 heterocycles. The van der Waals surface area contributed by atoms with Crippen molar-refractivity contribution in [3.63, 3.8) is 0 Å². The first-order valence-electron chi connectivity index (χ1n) is 10.0. The van der Waals surface area contributed by atoms with Gasteiger partial charge < -0.3 is 4.74 Å². The highest BCUT2D eigenvalue weighted by atomic mass is 16.5. The monoisotopic (exact) mass is 306 g/mol. The van der Waals surface area contributed by atoms with Crippen molar-refractivity contribution in [2.45, 2.75) is 84.5 Å². The molecule has 2 rings (SSSR count). The molecule has 22 heavy (non-hydrogen) atoms. The van der Waals surface area contributed by atoms with Crippen LogP contribution in [0.2, 0.25) is 0 Å². The van der Waals surface area contributed by atoms with Gasteiger partial charge >= 0.3 is 0 Å². The summed E-state index contributed by atoms with van der Waals surface area (Å²) in [6.45, 7) is 6.32. The van der Waals surface area contributed by atoms with Crippen molar-refractivity contribution in [3.8, 4) is 0 Å². The van der Waals surface area contributed by atoms with Gasteiger partial charge in [0.15, 0.2) is 0 Å². The predicted octanol–water partition coefficient (Wildman–Crippen LogP) is 6.38. The van der Waals surface area contributed by atoms with E-state index in [1.54, 1.807) is 0 Å². The van der Waals surface area contributed by atoms with Crippen molar-refractivity contribution in [2.75, 3.05) is 13.2 Å². The van der Waals surface area contributed by atoms with E-state index in [1.807, 2.05) is 0 Å². The number of rotatable bonds is 8. The average molecular weight is 307 g/mol. The van der Waals surface area contributed by atoms with Gasteiger partial charge in [0.2, 0.25) is 0 Å². The van der Waals surface area contributed by atoms with Crippen LogP contribution < -0.4 is 0 Å². The summed E-state index contributed by atoms with van der Waals surface area (Å²) >= 11 is 0. The van der Waals surface area contributed by atoms with E-state index in [4.69, 9.17) is 4.74 Å². The summed E-state index contributed by atoms with van der Waals surface area (Å²) in [5, 5.41) is 0. The molecule has 0 saturated heterocycles. The van der Waals surface area contributed by atoms with E-state index in [-0.39, 0.29) is 0 Å². The summed E-state index contributed by atoms with van der Waals surface area (Å²) in [6, 6.07) is 0. The van der Waals surface area contributed by atoms with Crippen molar-refractivity contribution >= 4 is 0 Å². The fraction of sp³-hybridized carbons (Fsp3) is 0.905. The Labute approximate surface area is 138 Å². The molecule has 0 atom stereocenters. The molecule has 128 valence electrons. The van der Waals surface area contributed by atoms with E-state index in [0.717, 1.165) is 43.3 Å². The minimum atomic E-state index is 0.861. The second-order valence-electron chi connectivity index (χ2n) is 7.78. The van der Waals surface area contributed by atoms with Gasteiger partial charge in [0, 0.05) is 13.2 Å². The van der Waals surface area contributed by atoms with Crippen molar-refractivity contribution in [1.29, 1.82) is 0 Å². The van der Waals surface area contributed by atoms with Gasteiger partial charge in [-0.1, -0.05) is 31.9 Å². The van der Waals surface area contributed by atoms with Crippen molar-refractivity contribution in [3.05, 3.63) is 12.2 Å². The fourth-order valence-electron chi connectivity index (χ4n) is 4.67. The number of hydrogen-bond donors (Lipinski definition) is 0. The lowest BCUT2D eigenvalue weighted by atomic mass is 9.69. The van der Waals surface area contributed by atoms with Crippen molar-refractivity contribution in [2.24, 2.45) is 23.7 Å². The molecule has 2 aliphatic rings. The lowest BCUT2D eigenvalue weighted by molar-refractivity contribution is 0.0649. The molecule has 0 bridgehead atoms. The van der Waals surface area contributed by atoms with E-state index in [0.29, 0.717) is 0 Å². The van der Waals surface area contributed by atoms with Gasteiger partial charge in [-0.3, -0.25) is 0 Å². The molecule has 2 aliphatic carbocycles. The van der Waals surface area contributed by atoms with Crippen LogP contribution in [0, 0.1) is 23.7 Å². The van der Waals surface area contributed by atoms with Gasteiger partial charge in [-0.2, -0.15) is 0 Å². The van der Waals surface area contributed by atoms with Crippen LogP contribution in [-0.4, -0.2) is 13.2 Å². The van der Waals surface area contributed by atoms with Crippen LogP contribution in [0.4, 0.5) is 0 Å². The number of allylic oxidation sites excluding steroid dienone is 2. The number of ether oxygens (including phenoxy) is 1. The third kappa shape index (κ3) is 6.07. The van der Waals surface area contributed by atoms with Gasteiger partial charge in [0.25, 0.3) is 0 Å². The quantitative estimate of drug-likeness (QED) is 0.373. The highest BCUT2D eigenvalue weighted by Gasteiger charge is 2.30. The standard InChI is InChI=1S/C21H38O/c1-3-5-6-7-18-8-12-20(13-9-18)21-14-10-19(11-15-21)17-22-16-4-2/h3,5,18-21H,4,6-17H2,1-2H3/b5-3+. The Hall–Kier alpha value is -0.300. The first kappa shape index (κ1) is 18.0. The van der Waals surface area contributed by atoms with Crippen LogP contribution in [-0.2, 0) is 4.74 Å². The van der Waals surface area contributed by atoms with Crippen LogP contribution in [0.3, 0.4) is 0 Å². The van der Waals surface area contributed by atoms with E-state index >= 15 is 0 Å². The number of hydrogen-bond acceptors (Lipinski definition) is 1. The third-order valence-electron chi connectivity index (χ3n) is 6.13. The van der Waals surface area contributed by atoms with E-state index in [9.17, 15) is 0 Å². The molecule has 0 aromatic rings. The third-order valence-corrected chi connectivity index (χ3v) is 6.13. The molecule has 0 radical (unpaired) electrons. The average Bonchev–Trinajstić information content (AvgIpc) is 2.57. The second-order valence-corrected chi connectivity index (χ2v) is 7.78. The zero-order valence-electron chi connectivity index (χ0n) is 15.1. The van der Waals surface area contributed by atoms with Gasteiger partial charge in [0.1, 0.15) is 0 Å². The summed E-state index contributed by atoms with van der Waals surface area (Å²) < 4.78 is 5.76. The minimum absolute atomic E-state index is 0.861. The van der Waals surface area contributed by atoms with E-state index in [1.165, 1.54) is 64.2 Å². The van der Waals surface area contributed by atoms with E-state index in [2.05, 4.69) is 26.0 Å². The zero-order chi connectivity index (χ0) is 15.6. The maximum absolute atomic E-state index is 5.76. The summed E-state index contributed by atoms with van der Waals surface area (Å²) in [5.74, 6) is 3.97. The smallest absolute Gasteiger partial charge is 0.0494 e. The molecule has 0 spiro atoms. The van der Waals surface area contributed by atoms with Gasteiger partial charge in [-0.25, -0.2) is 0 Å². The fourth-order valence-corrected chi connectivity index (χ4v) is 4.67. The zero-order valence-corrected chi connectivity index (χ0v) is 15.1. The molecule has 1 nitrogen and oxygen atoms in total. The Morgan fingerprint density at radius 3 is 2.00 bits per heavy atom. The molecule has 2 saturated carbocycles. The summed E-state index contributed by atoms with van der Waals surface area (Å²) in [4.78, 5) is 0. The highest BCUT2D eigenvalue weighted by Crippen LogP contribution is 2.42. The topological polar surface area (TPSA) is 9.23 Å². The largest absolute Gasteiger partial charge is 0.381 e. The molecule has 0 aliphatic heterocycles. The summed E-state index contributed by atoms with van der Waals surface area (Å²) in [7, 11) is 0. The lowest BCUT2D eigenvalue weighted by Crippen LogP contribution is -2.27. The minimum Gasteiger partial charge on any atom is -0.381 e. The maximum atomic E-state index is 5.76. The summed E-state index contributed by atoms with van der Waals surface area (Å²) in [5.41, 5.74) is 0. The van der Waals surface area contributed by atoms with Gasteiger partial charge in [-0.05, 0) is 88.4 Å². The van der Waals surface area contributed by atoms with Crippen LogP contribution in [0.5, 0.6) is 0 Å². The molecule has 1 heteroatoms. The van der Waals surface area contributed by atoms with Gasteiger partial charge in [-0.15, -0.1) is 0 Å². The molecular weight excluding hydrogens is 268 g/mol. The van der Waals surface area contributed by atoms with Gasteiger partial charge in [0.05, 0.1) is 0 Å². The van der Waals surface area contributed by atoms with Crippen molar-refractivity contribution in [1.82, 2.24) is 0 Å². The highest BCUT2D eigenvalue weighted by molar-refractivity contribution is 4.84. The summed E-state index contributed by atoms with van der Waals surface area (Å²) in [6.07, 6.45) is 20.3. The Kier molecular flexibility index (Phi) is 8.59. The Morgan fingerprint density at radius 1 is 0.864 bits per heavy atom. The van der Waals surface area contributed by atoms with Crippen molar-refractivity contribution < 1.29 is 4.74 Å². The van der Waals surface area contributed by atoms with Crippen LogP contribution in [0.1, 0.15) is 84.5 Å². The molecular formula is C21H38O. The predicted molar refractivity (Wildman–Crippen MR) is 96.1 cm³/mol. The Balaban J connectivity index is 1.60. The molecule has 0 aromatic carbocycles. The molecule has 0 N–H and O–H groups in total. The first-order chi connectivity index (χ1) is 10.8. The molecule has 0 amide bonds. The lowest BCUT2D eigenvalue weighted by Gasteiger charge is -2.37. The second kappa shape index (κ2) is 10.5. The Bertz CT molecular complexity index is 293. The normalized spacial score (nSPS) is 33.4. The van der Waals surface area contributed by atoms with E-state index < -0.39 is 0 Å². The first-order valence-corrected chi connectivity index (χ1v) is 10.0. The molecule has 0 unspecified atom stereocenters. The SMILES string of the molecule is C/C=C/CCC1CCC(C2CCC(COCCC)CC2)CC1. The molecule has 2 fully saturated rings. The van der Waals surface area contributed by atoms with Crippen LogP contribution >= 0.6 is 0 Å².